The maximum Gasteiger partial charge on any atom is 0.310 e. The number of nitrogens with zero attached hydrogens (tertiary/aromatic N) is 1. The van der Waals surface area contributed by atoms with Gasteiger partial charge in [0.05, 0.1) is 13.0 Å². The highest BCUT2D eigenvalue weighted by Crippen LogP contribution is 2.46. The molecule has 120 valence electrons. The first-order valence-electron chi connectivity index (χ1n) is 8.47. The van der Waals surface area contributed by atoms with Crippen molar-refractivity contribution in [3.05, 3.63) is 48.0 Å². The van der Waals surface area contributed by atoms with Crippen molar-refractivity contribution >= 4 is 16.7 Å². The lowest BCUT2D eigenvalue weighted by molar-refractivity contribution is -0.150. The number of fused-ring (bicyclic) bond motifs is 3. The zero-order chi connectivity index (χ0) is 16.0. The summed E-state index contributed by atoms with van der Waals surface area (Å²) >= 11 is 0. The molecule has 2 aromatic carbocycles. The van der Waals surface area contributed by atoms with E-state index in [0.29, 0.717) is 12.1 Å². The second-order valence-electron chi connectivity index (χ2n) is 6.96. The van der Waals surface area contributed by atoms with Crippen LogP contribution in [0.3, 0.4) is 0 Å². The van der Waals surface area contributed by atoms with E-state index in [2.05, 4.69) is 54.4 Å². The second-order valence-corrected chi connectivity index (χ2v) is 6.96. The Bertz CT molecular complexity index is 741. The molecule has 0 amide bonds. The largest absolute Gasteiger partial charge is 0.469 e. The maximum atomic E-state index is 12.5. The van der Waals surface area contributed by atoms with Crippen LogP contribution >= 0.6 is 0 Å². The zero-order valence-corrected chi connectivity index (χ0v) is 13.7. The Morgan fingerprint density at radius 1 is 1.13 bits per heavy atom. The Labute approximate surface area is 137 Å². The van der Waals surface area contributed by atoms with Crippen LogP contribution in [0.15, 0.2) is 42.5 Å². The molecule has 2 heterocycles. The van der Waals surface area contributed by atoms with Crippen molar-refractivity contribution in [3.63, 3.8) is 0 Å². The van der Waals surface area contributed by atoms with E-state index < -0.39 is 0 Å². The molecule has 0 saturated carbocycles. The molecule has 2 aliphatic rings. The third-order valence-corrected chi connectivity index (χ3v) is 5.94. The summed E-state index contributed by atoms with van der Waals surface area (Å²) in [7, 11) is 3.68. The number of methoxy groups -OCH3 is 1. The van der Waals surface area contributed by atoms with Crippen molar-refractivity contribution in [3.8, 4) is 0 Å². The predicted molar refractivity (Wildman–Crippen MR) is 91.4 cm³/mol. The van der Waals surface area contributed by atoms with Gasteiger partial charge in [-0.15, -0.1) is 0 Å². The van der Waals surface area contributed by atoms with Crippen LogP contribution in [-0.2, 0) is 9.53 Å². The third-order valence-electron chi connectivity index (χ3n) is 5.94. The van der Waals surface area contributed by atoms with Gasteiger partial charge in [-0.25, -0.2) is 0 Å². The molecule has 0 aromatic heterocycles. The maximum absolute atomic E-state index is 12.5. The Hall–Kier alpha value is -1.87. The van der Waals surface area contributed by atoms with Crippen LogP contribution in [0.25, 0.3) is 10.8 Å². The molecule has 2 fully saturated rings. The van der Waals surface area contributed by atoms with Gasteiger partial charge in [0.1, 0.15) is 0 Å². The summed E-state index contributed by atoms with van der Waals surface area (Å²) in [6.07, 6.45) is 3.34. The van der Waals surface area contributed by atoms with E-state index in [4.69, 9.17) is 4.74 Å². The van der Waals surface area contributed by atoms with Gasteiger partial charge in [-0.2, -0.15) is 0 Å². The van der Waals surface area contributed by atoms with Gasteiger partial charge in [0, 0.05) is 18.0 Å². The monoisotopic (exact) mass is 309 g/mol. The first-order valence-corrected chi connectivity index (χ1v) is 8.47. The molecule has 4 atom stereocenters. The van der Waals surface area contributed by atoms with Gasteiger partial charge in [0.15, 0.2) is 0 Å². The first kappa shape index (κ1) is 14.7. The van der Waals surface area contributed by atoms with Crippen molar-refractivity contribution in [1.29, 1.82) is 0 Å². The highest BCUT2D eigenvalue weighted by Gasteiger charge is 2.49. The van der Waals surface area contributed by atoms with Crippen LogP contribution in [0.2, 0.25) is 0 Å². The lowest BCUT2D eigenvalue weighted by Gasteiger charge is -2.41. The molecular weight excluding hydrogens is 286 g/mol. The highest BCUT2D eigenvalue weighted by molar-refractivity contribution is 5.83. The lowest BCUT2D eigenvalue weighted by atomic mass is 9.76. The van der Waals surface area contributed by atoms with Gasteiger partial charge in [-0.1, -0.05) is 42.5 Å². The number of ether oxygens (including phenoxy) is 1. The number of carbonyl (C=O) groups excluding carboxylic acids is 1. The summed E-state index contributed by atoms with van der Waals surface area (Å²) in [6, 6.07) is 16.0. The van der Waals surface area contributed by atoms with Gasteiger partial charge in [-0.05, 0) is 42.6 Å². The van der Waals surface area contributed by atoms with Crippen LogP contribution in [0.5, 0.6) is 0 Å². The number of piperidine rings is 1. The van der Waals surface area contributed by atoms with E-state index in [1.807, 2.05) is 0 Å². The summed E-state index contributed by atoms with van der Waals surface area (Å²) in [5.41, 5.74) is 1.28. The van der Waals surface area contributed by atoms with Crippen LogP contribution in [0.1, 0.15) is 30.7 Å². The van der Waals surface area contributed by atoms with Crippen molar-refractivity contribution in [2.45, 2.75) is 37.3 Å². The molecule has 3 nitrogen and oxygen atoms in total. The summed E-state index contributed by atoms with van der Waals surface area (Å²) in [5.74, 6) is 0.158. The molecule has 2 aromatic rings. The molecule has 4 rings (SSSR count). The first-order chi connectivity index (χ1) is 11.2. The number of rotatable bonds is 2. The molecular formula is C20H23NO2. The van der Waals surface area contributed by atoms with Crippen LogP contribution in [0, 0.1) is 5.92 Å². The molecule has 0 aliphatic carbocycles. The predicted octanol–water partition coefficient (Wildman–Crippen LogP) is 3.58. The van der Waals surface area contributed by atoms with Gasteiger partial charge in [0.2, 0.25) is 0 Å². The minimum Gasteiger partial charge on any atom is -0.469 e. The van der Waals surface area contributed by atoms with Crippen LogP contribution in [0.4, 0.5) is 0 Å². The molecule has 0 N–H and O–H groups in total. The summed E-state index contributed by atoms with van der Waals surface area (Å²) < 4.78 is 5.16. The Kier molecular flexibility index (Phi) is 3.61. The van der Waals surface area contributed by atoms with Crippen LogP contribution < -0.4 is 0 Å². The van der Waals surface area contributed by atoms with Gasteiger partial charge < -0.3 is 4.74 Å². The standard InChI is InChI=1S/C20H23NO2/c1-21-16-9-10-18(21)19(20(22)23-2)17(12-16)15-8-7-13-5-3-4-6-14(13)11-15/h3-8,11,16-19H,9-10,12H2,1-2H3/t16-,17+,18?,19-/m1/s1. The average molecular weight is 309 g/mol. The molecule has 2 bridgehead atoms. The average Bonchev–Trinajstić information content (AvgIpc) is 2.83. The fourth-order valence-electron chi connectivity index (χ4n) is 4.71. The lowest BCUT2D eigenvalue weighted by Crippen LogP contribution is -2.49. The minimum atomic E-state index is -0.0552. The minimum absolute atomic E-state index is 0.0510. The number of benzene rings is 2. The van der Waals surface area contributed by atoms with E-state index in [1.165, 1.54) is 29.9 Å². The third kappa shape index (κ3) is 2.34. The SMILES string of the molecule is COC(=O)[C@H]1C2CC[C@H](C[C@H]1c1ccc3ccccc3c1)N2C. The summed E-state index contributed by atoms with van der Waals surface area (Å²) in [4.78, 5) is 14.9. The van der Waals surface area contributed by atoms with E-state index in [9.17, 15) is 4.79 Å². The number of hydrogen-bond acceptors (Lipinski definition) is 3. The molecule has 23 heavy (non-hydrogen) atoms. The van der Waals surface area contributed by atoms with Crippen molar-refractivity contribution in [1.82, 2.24) is 4.90 Å². The molecule has 2 aliphatic heterocycles. The van der Waals surface area contributed by atoms with Gasteiger partial charge in [-0.3, -0.25) is 9.69 Å². The van der Waals surface area contributed by atoms with E-state index >= 15 is 0 Å². The van der Waals surface area contributed by atoms with E-state index in [-0.39, 0.29) is 17.8 Å². The highest BCUT2D eigenvalue weighted by atomic mass is 16.5. The normalized spacial score (nSPS) is 30.5. The van der Waals surface area contributed by atoms with Crippen molar-refractivity contribution in [2.24, 2.45) is 5.92 Å². The quantitative estimate of drug-likeness (QED) is 0.794. The number of hydrogen-bond donors (Lipinski definition) is 0. The number of esters is 1. The summed E-state index contributed by atoms with van der Waals surface area (Å²) in [6.45, 7) is 0. The van der Waals surface area contributed by atoms with Gasteiger partial charge in [0.25, 0.3) is 0 Å². The smallest absolute Gasteiger partial charge is 0.310 e. The fourth-order valence-corrected chi connectivity index (χ4v) is 4.71. The molecule has 1 unspecified atom stereocenters. The second kappa shape index (κ2) is 5.64. The van der Waals surface area contributed by atoms with Crippen molar-refractivity contribution in [2.75, 3.05) is 14.2 Å². The molecule has 0 radical (unpaired) electrons. The van der Waals surface area contributed by atoms with E-state index in [1.54, 1.807) is 0 Å². The number of carbonyl (C=O) groups is 1. The van der Waals surface area contributed by atoms with Crippen LogP contribution in [-0.4, -0.2) is 37.1 Å². The topological polar surface area (TPSA) is 29.5 Å². The molecule has 0 spiro atoms. The Balaban J connectivity index is 1.76. The molecule has 2 saturated heterocycles. The fraction of sp³-hybridized carbons (Fsp3) is 0.450. The van der Waals surface area contributed by atoms with E-state index in [0.717, 1.165) is 12.8 Å². The Morgan fingerprint density at radius 2 is 1.91 bits per heavy atom. The summed E-state index contributed by atoms with van der Waals surface area (Å²) in [5, 5.41) is 2.50. The Morgan fingerprint density at radius 3 is 2.70 bits per heavy atom. The molecule has 3 heteroatoms. The van der Waals surface area contributed by atoms with Crippen molar-refractivity contribution < 1.29 is 9.53 Å². The van der Waals surface area contributed by atoms with Gasteiger partial charge >= 0.3 is 5.97 Å². The zero-order valence-electron chi connectivity index (χ0n) is 13.7.